The Morgan fingerprint density at radius 2 is 2.23 bits per heavy atom. The quantitative estimate of drug-likeness (QED) is 0.891. The van der Waals surface area contributed by atoms with E-state index >= 15 is 0 Å². The molecule has 1 aliphatic heterocycles. The number of pyridine rings is 1. The maximum absolute atomic E-state index is 12.8. The van der Waals surface area contributed by atoms with E-state index in [0.29, 0.717) is 35.2 Å². The van der Waals surface area contributed by atoms with Gasteiger partial charge in [0.15, 0.2) is 0 Å². The molecule has 4 rings (SSSR count). The molecule has 0 bridgehead atoms. The van der Waals surface area contributed by atoms with Crippen LogP contribution in [0.2, 0.25) is 0 Å². The van der Waals surface area contributed by atoms with Crippen LogP contribution in [0.3, 0.4) is 0 Å². The molecule has 7 heteroatoms. The van der Waals surface area contributed by atoms with Gasteiger partial charge in [-0.15, -0.1) is 0 Å². The average Bonchev–Trinajstić information content (AvgIpc) is 3.40. The first-order valence-electron chi connectivity index (χ1n) is 8.85. The highest BCUT2D eigenvalue weighted by Gasteiger charge is 2.35. The lowest BCUT2D eigenvalue weighted by atomic mass is 10.1. The topological polar surface area (TPSA) is 84.7 Å². The Morgan fingerprint density at radius 3 is 2.92 bits per heavy atom. The summed E-state index contributed by atoms with van der Waals surface area (Å²) in [6.45, 7) is 0.765. The molecular formula is C19H21N3O4. The molecule has 2 amide bonds. The maximum atomic E-state index is 12.8. The monoisotopic (exact) mass is 355 g/mol. The zero-order chi connectivity index (χ0) is 18.1. The summed E-state index contributed by atoms with van der Waals surface area (Å²) >= 11 is 0. The summed E-state index contributed by atoms with van der Waals surface area (Å²) in [5, 5.41) is 2.80. The third kappa shape index (κ3) is 2.94. The van der Waals surface area contributed by atoms with Gasteiger partial charge in [-0.2, -0.15) is 0 Å². The third-order valence-corrected chi connectivity index (χ3v) is 5.13. The number of furan rings is 1. The van der Waals surface area contributed by atoms with Crippen LogP contribution in [0.15, 0.2) is 29.1 Å². The minimum atomic E-state index is -0.250. The molecule has 0 atom stereocenters. The van der Waals surface area contributed by atoms with E-state index in [9.17, 15) is 9.59 Å². The van der Waals surface area contributed by atoms with Crippen LogP contribution in [-0.2, 0) is 13.1 Å². The lowest BCUT2D eigenvalue weighted by Gasteiger charge is -2.22. The number of ether oxygens (including phenoxy) is 1. The standard InChI is InChI=1S/C19H21N3O4/c1-25-18-13(9-20-17(23)12-6-7-26-11-12)8-15-16(21-18)10-22(19(15)24)14-4-2-3-5-14/h6-8,11,14H,2-5,9-10H2,1H3,(H,20,23). The van der Waals surface area contributed by atoms with Crippen molar-refractivity contribution in [2.24, 2.45) is 0 Å². The van der Waals surface area contributed by atoms with Crippen LogP contribution in [0.25, 0.3) is 0 Å². The molecule has 1 aliphatic carbocycles. The largest absolute Gasteiger partial charge is 0.481 e. The Balaban J connectivity index is 1.54. The first-order chi connectivity index (χ1) is 12.7. The molecule has 2 aliphatic rings. The minimum Gasteiger partial charge on any atom is -0.481 e. The number of hydrogen-bond donors (Lipinski definition) is 1. The summed E-state index contributed by atoms with van der Waals surface area (Å²) in [5.74, 6) is 0.224. The predicted octanol–water partition coefficient (Wildman–Crippen LogP) is 2.51. The van der Waals surface area contributed by atoms with Gasteiger partial charge in [-0.05, 0) is 25.0 Å². The highest BCUT2D eigenvalue weighted by Crippen LogP contribution is 2.33. The zero-order valence-electron chi connectivity index (χ0n) is 14.7. The number of carbonyl (C=O) groups is 2. The lowest BCUT2D eigenvalue weighted by Crippen LogP contribution is -2.33. The Bertz CT molecular complexity index is 826. The molecule has 0 unspecified atom stereocenters. The van der Waals surface area contributed by atoms with Crippen LogP contribution in [0.5, 0.6) is 5.88 Å². The second-order valence-electron chi connectivity index (χ2n) is 6.72. The van der Waals surface area contributed by atoms with E-state index in [1.54, 1.807) is 19.2 Å². The summed E-state index contributed by atoms with van der Waals surface area (Å²) in [6.07, 6.45) is 7.30. The Hall–Kier alpha value is -2.83. The second kappa shape index (κ2) is 6.82. The SMILES string of the molecule is COc1nc2c(cc1CNC(=O)c1ccoc1)C(=O)N(C1CCCC1)C2. The van der Waals surface area contributed by atoms with Crippen molar-refractivity contribution in [2.45, 2.75) is 44.8 Å². The molecule has 0 spiro atoms. The average molecular weight is 355 g/mol. The molecule has 1 fully saturated rings. The van der Waals surface area contributed by atoms with Crippen LogP contribution in [0.4, 0.5) is 0 Å². The zero-order valence-corrected chi connectivity index (χ0v) is 14.7. The number of rotatable bonds is 5. The van der Waals surface area contributed by atoms with E-state index < -0.39 is 0 Å². The van der Waals surface area contributed by atoms with Crippen LogP contribution >= 0.6 is 0 Å². The number of methoxy groups -OCH3 is 1. The molecule has 2 aromatic rings. The van der Waals surface area contributed by atoms with Gasteiger partial charge in [-0.3, -0.25) is 9.59 Å². The molecule has 1 saturated carbocycles. The highest BCUT2D eigenvalue weighted by atomic mass is 16.5. The number of nitrogens with zero attached hydrogens (tertiary/aromatic N) is 2. The van der Waals surface area contributed by atoms with E-state index in [-0.39, 0.29) is 18.4 Å². The molecule has 2 aromatic heterocycles. The van der Waals surface area contributed by atoms with E-state index in [2.05, 4.69) is 10.3 Å². The lowest BCUT2D eigenvalue weighted by molar-refractivity contribution is 0.0706. The van der Waals surface area contributed by atoms with Crippen LogP contribution in [0, 0.1) is 0 Å². The second-order valence-corrected chi connectivity index (χ2v) is 6.72. The van der Waals surface area contributed by atoms with Crippen molar-refractivity contribution in [3.63, 3.8) is 0 Å². The molecule has 3 heterocycles. The van der Waals surface area contributed by atoms with Crippen molar-refractivity contribution in [1.82, 2.24) is 15.2 Å². The number of hydrogen-bond acceptors (Lipinski definition) is 5. The van der Waals surface area contributed by atoms with Gasteiger partial charge in [0.25, 0.3) is 11.8 Å². The van der Waals surface area contributed by atoms with Gasteiger partial charge in [-0.25, -0.2) is 4.98 Å². The van der Waals surface area contributed by atoms with Gasteiger partial charge < -0.3 is 19.4 Å². The first kappa shape index (κ1) is 16.6. The molecule has 0 aromatic carbocycles. The van der Waals surface area contributed by atoms with Gasteiger partial charge in [0.05, 0.1) is 36.7 Å². The molecular weight excluding hydrogens is 334 g/mol. The van der Waals surface area contributed by atoms with Gasteiger partial charge in [0.2, 0.25) is 5.88 Å². The van der Waals surface area contributed by atoms with Crippen molar-refractivity contribution < 1.29 is 18.7 Å². The molecule has 7 nitrogen and oxygen atoms in total. The first-order valence-corrected chi connectivity index (χ1v) is 8.85. The van der Waals surface area contributed by atoms with Crippen LogP contribution in [0.1, 0.15) is 57.7 Å². The van der Waals surface area contributed by atoms with E-state index in [0.717, 1.165) is 18.5 Å². The smallest absolute Gasteiger partial charge is 0.256 e. The van der Waals surface area contributed by atoms with E-state index in [4.69, 9.17) is 9.15 Å². The number of fused-ring (bicyclic) bond motifs is 1. The normalized spacial score (nSPS) is 16.8. The van der Waals surface area contributed by atoms with Crippen molar-refractivity contribution >= 4 is 11.8 Å². The van der Waals surface area contributed by atoms with E-state index in [1.165, 1.54) is 25.4 Å². The van der Waals surface area contributed by atoms with Crippen molar-refractivity contribution in [3.8, 4) is 5.88 Å². The Kier molecular flexibility index (Phi) is 4.36. The third-order valence-electron chi connectivity index (χ3n) is 5.13. The fourth-order valence-corrected chi connectivity index (χ4v) is 3.75. The number of amides is 2. The number of aromatic nitrogens is 1. The summed E-state index contributed by atoms with van der Waals surface area (Å²) in [4.78, 5) is 31.4. The van der Waals surface area contributed by atoms with Crippen LogP contribution in [-0.4, -0.2) is 34.8 Å². The molecule has 1 N–H and O–H groups in total. The van der Waals surface area contributed by atoms with Crippen LogP contribution < -0.4 is 10.1 Å². The number of carbonyl (C=O) groups excluding carboxylic acids is 2. The van der Waals surface area contributed by atoms with Crippen molar-refractivity contribution in [1.29, 1.82) is 0 Å². The molecule has 136 valence electrons. The minimum absolute atomic E-state index is 0.0319. The summed E-state index contributed by atoms with van der Waals surface area (Å²) in [5.41, 5.74) is 2.50. The maximum Gasteiger partial charge on any atom is 0.256 e. The Labute approximate surface area is 151 Å². The summed E-state index contributed by atoms with van der Waals surface area (Å²) in [6, 6.07) is 3.71. The van der Waals surface area contributed by atoms with Gasteiger partial charge in [-0.1, -0.05) is 12.8 Å². The van der Waals surface area contributed by atoms with Gasteiger partial charge >= 0.3 is 0 Å². The van der Waals surface area contributed by atoms with Gasteiger partial charge in [0, 0.05) is 18.2 Å². The summed E-state index contributed by atoms with van der Waals surface area (Å²) < 4.78 is 10.3. The van der Waals surface area contributed by atoms with Gasteiger partial charge in [0.1, 0.15) is 6.26 Å². The Morgan fingerprint density at radius 1 is 1.42 bits per heavy atom. The fourth-order valence-electron chi connectivity index (χ4n) is 3.75. The molecule has 0 radical (unpaired) electrons. The fraction of sp³-hybridized carbons (Fsp3) is 0.421. The molecule has 26 heavy (non-hydrogen) atoms. The van der Waals surface area contributed by atoms with Crippen molar-refractivity contribution in [3.05, 3.63) is 47.0 Å². The molecule has 0 saturated heterocycles. The highest BCUT2D eigenvalue weighted by molar-refractivity contribution is 5.98. The van der Waals surface area contributed by atoms with Crippen molar-refractivity contribution in [2.75, 3.05) is 7.11 Å². The predicted molar refractivity (Wildman–Crippen MR) is 92.8 cm³/mol. The summed E-state index contributed by atoms with van der Waals surface area (Å²) in [7, 11) is 1.54. The van der Waals surface area contributed by atoms with E-state index in [1.807, 2.05) is 4.90 Å². The number of nitrogens with one attached hydrogen (secondary N) is 1.